The number of hydrogen-bond acceptors (Lipinski definition) is 5. The molecule has 0 aliphatic carbocycles. The van der Waals surface area contributed by atoms with Crippen LogP contribution >= 0.6 is 0 Å². The van der Waals surface area contributed by atoms with E-state index in [2.05, 4.69) is 29.1 Å². The average Bonchev–Trinajstić information content (AvgIpc) is 2.73. The summed E-state index contributed by atoms with van der Waals surface area (Å²) < 4.78 is 0. The van der Waals surface area contributed by atoms with E-state index in [4.69, 9.17) is 15.3 Å². The van der Waals surface area contributed by atoms with Crippen LogP contribution in [0.25, 0.3) is 0 Å². The number of rotatable bonds is 17. The van der Waals surface area contributed by atoms with E-state index in [1.807, 2.05) is 19.9 Å². The quantitative estimate of drug-likeness (QED) is 0.144. The van der Waals surface area contributed by atoms with E-state index in [1.165, 1.54) is 0 Å². The lowest BCUT2D eigenvalue weighted by Gasteiger charge is -2.20. The molecule has 0 saturated heterocycles. The van der Waals surface area contributed by atoms with Crippen LogP contribution in [0, 0.1) is 0 Å². The summed E-state index contributed by atoms with van der Waals surface area (Å²) in [7, 11) is 0. The van der Waals surface area contributed by atoms with E-state index >= 15 is 0 Å². The highest BCUT2D eigenvalue weighted by atomic mass is 16.4. The molecule has 10 nitrogen and oxygen atoms in total. The van der Waals surface area contributed by atoms with E-state index in [1.54, 1.807) is 12.2 Å². The maximum atomic E-state index is 12.0. The van der Waals surface area contributed by atoms with E-state index in [0.29, 0.717) is 25.9 Å². The summed E-state index contributed by atoms with van der Waals surface area (Å²) in [5.41, 5.74) is 0.989. The minimum Gasteiger partial charge on any atom is -0.481 e. The fraction of sp³-hybridized carbons (Fsp3) is 0.545. The lowest BCUT2D eigenvalue weighted by molar-refractivity contribution is -0.141. The van der Waals surface area contributed by atoms with E-state index < -0.39 is 42.4 Å². The topological polar surface area (TPSA) is 165 Å². The van der Waals surface area contributed by atoms with Gasteiger partial charge in [0.1, 0.15) is 6.04 Å². The van der Waals surface area contributed by atoms with Crippen LogP contribution in [0.15, 0.2) is 37.0 Å². The molecule has 0 bridgehead atoms. The van der Waals surface area contributed by atoms with Crippen molar-refractivity contribution in [2.45, 2.75) is 64.5 Å². The third-order valence-electron chi connectivity index (χ3n) is 4.09. The van der Waals surface area contributed by atoms with Crippen molar-refractivity contribution in [3.8, 4) is 0 Å². The van der Waals surface area contributed by atoms with Crippen molar-refractivity contribution in [1.29, 1.82) is 0 Å². The van der Waals surface area contributed by atoms with Crippen molar-refractivity contribution >= 4 is 23.9 Å². The Hall–Kier alpha value is -3.14. The van der Waals surface area contributed by atoms with Crippen LogP contribution in [0.5, 0.6) is 0 Å². The maximum Gasteiger partial charge on any atom is 0.326 e. The molecule has 0 aromatic heterocycles. The lowest BCUT2D eigenvalue weighted by atomic mass is 10.1. The van der Waals surface area contributed by atoms with Gasteiger partial charge in [-0.25, -0.2) is 9.59 Å². The number of nitrogens with one attached hydrogen (secondary N) is 3. The van der Waals surface area contributed by atoms with Crippen LogP contribution in [0.4, 0.5) is 4.79 Å². The fourth-order valence-corrected chi connectivity index (χ4v) is 2.57. The Kier molecular flexibility index (Phi) is 19.2. The molecule has 32 heavy (non-hydrogen) atoms. The molecule has 2 atom stereocenters. The zero-order valence-electron chi connectivity index (χ0n) is 18.9. The molecule has 182 valence electrons. The Bertz CT molecular complexity index is 647. The zero-order valence-corrected chi connectivity index (χ0v) is 18.9. The van der Waals surface area contributed by atoms with Gasteiger partial charge in [-0.3, -0.25) is 9.59 Å². The van der Waals surface area contributed by atoms with E-state index in [-0.39, 0.29) is 12.8 Å². The molecule has 6 N–H and O–H groups in total. The van der Waals surface area contributed by atoms with Crippen molar-refractivity contribution in [1.82, 2.24) is 16.0 Å². The second-order valence-electron chi connectivity index (χ2n) is 6.59. The number of unbranched alkanes of at least 4 members (excludes halogenated alkanes) is 1. The summed E-state index contributed by atoms with van der Waals surface area (Å²) in [4.78, 5) is 44.8. The van der Waals surface area contributed by atoms with Crippen LogP contribution in [0.3, 0.4) is 0 Å². The van der Waals surface area contributed by atoms with Crippen molar-refractivity contribution in [3.63, 3.8) is 0 Å². The number of carbonyl (C=O) groups is 4. The van der Waals surface area contributed by atoms with Gasteiger partial charge in [0, 0.05) is 19.0 Å². The number of allylic oxidation sites excluding steroid dienone is 2. The van der Waals surface area contributed by atoms with Gasteiger partial charge in [-0.05, 0) is 31.4 Å². The molecular weight excluding hydrogens is 418 g/mol. The first-order valence-electron chi connectivity index (χ1n) is 10.6. The average molecular weight is 456 g/mol. The van der Waals surface area contributed by atoms with Crippen LogP contribution in [0.1, 0.15) is 52.4 Å². The first-order valence-corrected chi connectivity index (χ1v) is 10.6. The van der Waals surface area contributed by atoms with Crippen molar-refractivity contribution < 1.29 is 34.5 Å². The second-order valence-corrected chi connectivity index (χ2v) is 6.59. The van der Waals surface area contributed by atoms with Gasteiger partial charge in [-0.15, -0.1) is 0 Å². The molecule has 2 amide bonds. The summed E-state index contributed by atoms with van der Waals surface area (Å²) in [5, 5.41) is 34.6. The smallest absolute Gasteiger partial charge is 0.326 e. The molecule has 0 aromatic carbocycles. The largest absolute Gasteiger partial charge is 0.481 e. The zero-order chi connectivity index (χ0) is 24.9. The molecule has 0 aromatic rings. The number of hydrogen-bond donors (Lipinski definition) is 6. The molecule has 0 spiro atoms. The molecule has 0 aliphatic rings. The summed E-state index contributed by atoms with van der Waals surface area (Å²) >= 11 is 0. The van der Waals surface area contributed by atoms with Gasteiger partial charge in [-0.2, -0.15) is 0 Å². The first kappa shape index (κ1) is 31.0. The highest BCUT2D eigenvalue weighted by Crippen LogP contribution is 2.06. The minimum atomic E-state index is -1.38. The van der Waals surface area contributed by atoms with Crippen molar-refractivity contribution in [2.75, 3.05) is 13.1 Å². The van der Waals surface area contributed by atoms with Gasteiger partial charge in [0.05, 0.1) is 6.42 Å². The van der Waals surface area contributed by atoms with Crippen molar-refractivity contribution in [3.05, 3.63) is 37.0 Å². The molecule has 0 radical (unpaired) electrons. The van der Waals surface area contributed by atoms with Crippen LogP contribution in [-0.2, 0) is 14.4 Å². The number of urea groups is 1. The number of carbonyl (C=O) groups excluding carboxylic acids is 1. The molecule has 0 fully saturated rings. The third-order valence-corrected chi connectivity index (χ3v) is 4.09. The number of carboxylic acid groups (broad SMARTS) is 3. The second kappa shape index (κ2) is 19.8. The third kappa shape index (κ3) is 17.7. The molecule has 0 aliphatic heterocycles. The van der Waals surface area contributed by atoms with Gasteiger partial charge < -0.3 is 31.3 Å². The number of aliphatic carboxylic acids is 3. The number of carboxylic acids is 3. The molecule has 10 heteroatoms. The first-order chi connectivity index (χ1) is 15.2. The normalized spacial score (nSPS) is 12.4. The fourth-order valence-electron chi connectivity index (χ4n) is 2.57. The summed E-state index contributed by atoms with van der Waals surface area (Å²) in [6.07, 6.45) is 6.01. The minimum absolute atomic E-state index is 0.277. The molecule has 0 heterocycles. The predicted octanol–water partition coefficient (Wildman–Crippen LogP) is 2.53. The van der Waals surface area contributed by atoms with Gasteiger partial charge >= 0.3 is 23.9 Å². The van der Waals surface area contributed by atoms with Crippen LogP contribution < -0.4 is 16.0 Å². The van der Waals surface area contributed by atoms with Gasteiger partial charge in [0.25, 0.3) is 0 Å². The Labute approximate surface area is 189 Å². The standard InChI is InChI=1S/C20H31N3O7.C2H6/c1-3-7-14(4-2)13-21-11-6-5-8-15(12-18(26)27)22-20(30)23-16(19(28)29)9-10-17(24)25;1-2/h3-4,7,15-16,21H,1-2,5-6,8-13H2,(H,24,25)(H,26,27)(H,28,29)(H2,22,23,30);1-2H3/b14-7+;. The number of amides is 2. The van der Waals surface area contributed by atoms with E-state index in [9.17, 15) is 19.2 Å². The van der Waals surface area contributed by atoms with Crippen LogP contribution in [-0.4, -0.2) is 64.4 Å². The Morgan fingerprint density at radius 3 is 2.09 bits per heavy atom. The molecule has 0 rings (SSSR count). The maximum absolute atomic E-state index is 12.0. The van der Waals surface area contributed by atoms with Gasteiger partial charge in [0.2, 0.25) is 0 Å². The highest BCUT2D eigenvalue weighted by molar-refractivity contribution is 5.83. The monoisotopic (exact) mass is 455 g/mol. The van der Waals surface area contributed by atoms with Crippen molar-refractivity contribution in [2.24, 2.45) is 0 Å². The summed E-state index contributed by atoms with van der Waals surface area (Å²) in [6.45, 7) is 12.6. The van der Waals surface area contributed by atoms with Gasteiger partial charge in [-0.1, -0.05) is 51.7 Å². The molecule has 2 unspecified atom stereocenters. The Balaban J connectivity index is 0. The predicted molar refractivity (Wildman–Crippen MR) is 123 cm³/mol. The van der Waals surface area contributed by atoms with Gasteiger partial charge in [0.15, 0.2) is 0 Å². The van der Waals surface area contributed by atoms with Crippen LogP contribution in [0.2, 0.25) is 0 Å². The molecular formula is C22H37N3O7. The summed E-state index contributed by atoms with van der Waals surface area (Å²) in [5.74, 6) is -3.64. The summed E-state index contributed by atoms with van der Waals surface area (Å²) in [6, 6.07) is -2.90. The van der Waals surface area contributed by atoms with E-state index in [0.717, 1.165) is 12.0 Å². The Morgan fingerprint density at radius 2 is 1.59 bits per heavy atom. The highest BCUT2D eigenvalue weighted by Gasteiger charge is 2.23. The molecule has 0 saturated carbocycles. The SMILES string of the molecule is C=C/C=C(\C=C)CNCCCCC(CC(=O)O)NC(=O)NC(CCC(=O)O)C(=O)O.CC. The lowest BCUT2D eigenvalue weighted by Crippen LogP contribution is -2.49. The Morgan fingerprint density at radius 1 is 0.938 bits per heavy atom.